The number of hydrogen-bond donors (Lipinski definition) is 1. The summed E-state index contributed by atoms with van der Waals surface area (Å²) in [5.74, 6) is -0.297. The Labute approximate surface area is 231 Å². The van der Waals surface area contributed by atoms with Crippen LogP contribution in [0.1, 0.15) is 37.8 Å². The van der Waals surface area contributed by atoms with Crippen LogP contribution in [0.3, 0.4) is 0 Å². The van der Waals surface area contributed by atoms with Gasteiger partial charge >= 0.3 is 0 Å². The van der Waals surface area contributed by atoms with E-state index in [2.05, 4.69) is 5.32 Å². The van der Waals surface area contributed by atoms with Crippen LogP contribution in [0.5, 0.6) is 5.75 Å². The number of nitrogens with zero attached hydrogens (tertiary/aromatic N) is 2. The number of ether oxygens (including phenoxy) is 1. The fourth-order valence-corrected chi connectivity index (χ4v) is 5.70. The van der Waals surface area contributed by atoms with Gasteiger partial charge in [-0.15, -0.1) is 0 Å². The number of rotatable bonds is 13. The molecule has 3 aromatic carbocycles. The third kappa shape index (κ3) is 7.38. The highest BCUT2D eigenvalue weighted by atomic mass is 32.2. The third-order valence-corrected chi connectivity index (χ3v) is 8.28. The maximum atomic E-state index is 14.1. The molecule has 2 amide bonds. The van der Waals surface area contributed by atoms with Gasteiger partial charge in [0, 0.05) is 19.2 Å². The predicted molar refractivity (Wildman–Crippen MR) is 153 cm³/mol. The van der Waals surface area contributed by atoms with Crippen LogP contribution in [0, 0.1) is 6.92 Å². The van der Waals surface area contributed by atoms with Gasteiger partial charge in [0.25, 0.3) is 10.0 Å². The molecule has 0 aliphatic carbocycles. The lowest BCUT2D eigenvalue weighted by atomic mass is 10.1. The Hall–Kier alpha value is -3.85. The number of nitrogens with one attached hydrogen (secondary N) is 1. The van der Waals surface area contributed by atoms with Crippen molar-refractivity contribution in [2.45, 2.75) is 51.1 Å². The molecular formula is C30H37N3O5S. The molecule has 0 radical (unpaired) electrons. The first-order valence-corrected chi connectivity index (χ1v) is 14.5. The molecule has 3 aromatic rings. The molecule has 1 atom stereocenters. The van der Waals surface area contributed by atoms with Gasteiger partial charge in [0.2, 0.25) is 11.8 Å². The lowest BCUT2D eigenvalue weighted by Gasteiger charge is -2.33. The smallest absolute Gasteiger partial charge is 0.264 e. The molecule has 39 heavy (non-hydrogen) atoms. The second-order valence-corrected chi connectivity index (χ2v) is 11.1. The van der Waals surface area contributed by atoms with Gasteiger partial charge in [0.1, 0.15) is 18.3 Å². The van der Waals surface area contributed by atoms with Crippen molar-refractivity contribution in [3.63, 3.8) is 0 Å². The van der Waals surface area contributed by atoms with E-state index >= 15 is 0 Å². The molecule has 0 fully saturated rings. The Morgan fingerprint density at radius 2 is 1.64 bits per heavy atom. The van der Waals surface area contributed by atoms with Crippen LogP contribution < -0.4 is 14.4 Å². The predicted octanol–water partition coefficient (Wildman–Crippen LogP) is 4.53. The number of amides is 2. The standard InChI is InChI=1S/C30H37N3O5S/c1-5-19-31-30(35)28(6-2)32(21-24-14-11-10-13-23(24)3)29(34)22-33(25-15-12-16-26(20-25)38-4)39(36,37)27-17-8-7-9-18-27/h7-18,20,28H,5-6,19,21-22H2,1-4H3,(H,31,35). The topological polar surface area (TPSA) is 96.0 Å². The van der Waals surface area contributed by atoms with Crippen LogP contribution in [0.4, 0.5) is 5.69 Å². The first-order valence-electron chi connectivity index (χ1n) is 13.1. The minimum absolute atomic E-state index is 0.0544. The first-order chi connectivity index (χ1) is 18.7. The first kappa shape index (κ1) is 29.7. The molecule has 9 heteroatoms. The fourth-order valence-electron chi connectivity index (χ4n) is 4.27. The summed E-state index contributed by atoms with van der Waals surface area (Å²) in [5.41, 5.74) is 2.14. The lowest BCUT2D eigenvalue weighted by molar-refractivity contribution is -0.140. The zero-order chi connectivity index (χ0) is 28.4. The minimum atomic E-state index is -4.13. The molecule has 0 spiro atoms. The second kappa shape index (κ2) is 13.8. The van der Waals surface area contributed by atoms with Crippen LogP contribution >= 0.6 is 0 Å². The summed E-state index contributed by atoms with van der Waals surface area (Å²) in [7, 11) is -2.63. The van der Waals surface area contributed by atoms with Gasteiger partial charge in [0.15, 0.2) is 0 Å². The Bertz CT molecular complexity index is 1360. The molecule has 3 rings (SSSR count). The molecule has 1 N–H and O–H groups in total. The quantitative estimate of drug-likeness (QED) is 0.337. The second-order valence-electron chi connectivity index (χ2n) is 9.19. The highest BCUT2D eigenvalue weighted by Gasteiger charge is 2.33. The number of carbonyl (C=O) groups excluding carboxylic acids is 2. The average molecular weight is 552 g/mol. The Morgan fingerprint density at radius 3 is 2.28 bits per heavy atom. The molecular weight excluding hydrogens is 514 g/mol. The highest BCUT2D eigenvalue weighted by molar-refractivity contribution is 7.92. The Morgan fingerprint density at radius 1 is 0.949 bits per heavy atom. The third-order valence-electron chi connectivity index (χ3n) is 6.49. The average Bonchev–Trinajstić information content (AvgIpc) is 2.95. The zero-order valence-corrected chi connectivity index (χ0v) is 23.8. The number of anilines is 1. The van der Waals surface area contributed by atoms with E-state index in [9.17, 15) is 18.0 Å². The van der Waals surface area contributed by atoms with Crippen molar-refractivity contribution in [3.05, 3.63) is 90.0 Å². The Balaban J connectivity index is 2.07. The van der Waals surface area contributed by atoms with E-state index in [0.717, 1.165) is 21.9 Å². The van der Waals surface area contributed by atoms with E-state index in [0.29, 0.717) is 18.7 Å². The molecule has 0 aliphatic rings. The number of hydrogen-bond acceptors (Lipinski definition) is 5. The van der Waals surface area contributed by atoms with Gasteiger partial charge in [-0.05, 0) is 55.2 Å². The normalized spacial score (nSPS) is 11.9. The van der Waals surface area contributed by atoms with E-state index < -0.39 is 28.5 Å². The van der Waals surface area contributed by atoms with Crippen molar-refractivity contribution in [2.75, 3.05) is 24.5 Å². The van der Waals surface area contributed by atoms with Gasteiger partial charge in [-0.2, -0.15) is 0 Å². The maximum Gasteiger partial charge on any atom is 0.264 e. The van der Waals surface area contributed by atoms with Crippen LogP contribution in [0.25, 0.3) is 0 Å². The molecule has 0 bridgehead atoms. The summed E-state index contributed by atoms with van der Waals surface area (Å²) in [4.78, 5) is 28.8. The number of carbonyl (C=O) groups is 2. The van der Waals surface area contributed by atoms with Gasteiger partial charge in [0.05, 0.1) is 17.7 Å². The minimum Gasteiger partial charge on any atom is -0.497 e. The van der Waals surface area contributed by atoms with Crippen molar-refractivity contribution in [2.24, 2.45) is 0 Å². The van der Waals surface area contributed by atoms with E-state index in [4.69, 9.17) is 4.74 Å². The highest BCUT2D eigenvalue weighted by Crippen LogP contribution is 2.28. The number of benzene rings is 3. The van der Waals surface area contributed by atoms with E-state index in [-0.39, 0.29) is 23.0 Å². The van der Waals surface area contributed by atoms with Crippen LogP contribution in [-0.4, -0.2) is 51.4 Å². The lowest BCUT2D eigenvalue weighted by Crippen LogP contribution is -2.52. The molecule has 0 aromatic heterocycles. The molecule has 1 unspecified atom stereocenters. The van der Waals surface area contributed by atoms with Crippen LogP contribution in [0.2, 0.25) is 0 Å². The number of methoxy groups -OCH3 is 1. The summed E-state index contributed by atoms with van der Waals surface area (Å²) >= 11 is 0. The maximum absolute atomic E-state index is 14.1. The van der Waals surface area contributed by atoms with Crippen molar-refractivity contribution in [3.8, 4) is 5.75 Å². The summed E-state index contributed by atoms with van der Waals surface area (Å²) < 4.78 is 34.1. The van der Waals surface area contributed by atoms with E-state index in [1.807, 2.05) is 45.0 Å². The molecule has 0 saturated heterocycles. The Kier molecular flexibility index (Phi) is 10.5. The number of aryl methyl sites for hydroxylation is 1. The molecule has 208 valence electrons. The van der Waals surface area contributed by atoms with E-state index in [1.54, 1.807) is 42.5 Å². The molecule has 8 nitrogen and oxygen atoms in total. The molecule has 0 saturated carbocycles. The van der Waals surface area contributed by atoms with Crippen molar-refractivity contribution in [1.29, 1.82) is 0 Å². The van der Waals surface area contributed by atoms with Gasteiger partial charge in [-0.3, -0.25) is 13.9 Å². The fraction of sp³-hybridized carbons (Fsp3) is 0.333. The monoisotopic (exact) mass is 551 g/mol. The SMILES string of the molecule is CCCNC(=O)C(CC)N(Cc1ccccc1C)C(=O)CN(c1cccc(OC)c1)S(=O)(=O)c1ccccc1. The van der Waals surface area contributed by atoms with Gasteiger partial charge in [-0.25, -0.2) is 8.42 Å². The van der Waals surface area contributed by atoms with Crippen molar-refractivity contribution >= 4 is 27.5 Å². The summed E-state index contributed by atoms with van der Waals surface area (Å²) in [6, 6.07) is 21.4. The summed E-state index contributed by atoms with van der Waals surface area (Å²) in [5, 5.41) is 2.89. The van der Waals surface area contributed by atoms with Crippen molar-refractivity contribution in [1.82, 2.24) is 10.2 Å². The summed E-state index contributed by atoms with van der Waals surface area (Å²) in [6.45, 7) is 5.90. The van der Waals surface area contributed by atoms with E-state index in [1.165, 1.54) is 24.1 Å². The van der Waals surface area contributed by atoms with Crippen LogP contribution in [0.15, 0.2) is 83.8 Å². The molecule has 0 aliphatic heterocycles. The van der Waals surface area contributed by atoms with Crippen LogP contribution in [-0.2, 0) is 26.2 Å². The largest absolute Gasteiger partial charge is 0.497 e. The van der Waals surface area contributed by atoms with Gasteiger partial charge < -0.3 is 15.0 Å². The molecule has 0 heterocycles. The summed E-state index contributed by atoms with van der Waals surface area (Å²) in [6.07, 6.45) is 1.13. The van der Waals surface area contributed by atoms with Gasteiger partial charge in [-0.1, -0.05) is 62.4 Å². The number of sulfonamides is 1. The van der Waals surface area contributed by atoms with Crippen molar-refractivity contribution < 1.29 is 22.7 Å². The zero-order valence-electron chi connectivity index (χ0n) is 23.0.